The van der Waals surface area contributed by atoms with E-state index >= 15 is 0 Å². The van der Waals surface area contributed by atoms with Crippen LogP contribution in [-0.4, -0.2) is 22.9 Å². The highest BCUT2D eigenvalue weighted by atomic mass is 19.1. The van der Waals surface area contributed by atoms with E-state index in [9.17, 15) is 13.6 Å². The smallest absolute Gasteiger partial charge is 0.240 e. The summed E-state index contributed by atoms with van der Waals surface area (Å²) in [6.45, 7) is 2.13. The highest BCUT2D eigenvalue weighted by molar-refractivity contribution is 5.82. The number of hydrogen-bond acceptors (Lipinski definition) is 2. The lowest BCUT2D eigenvalue weighted by Crippen LogP contribution is -2.44. The van der Waals surface area contributed by atoms with Gasteiger partial charge in [-0.3, -0.25) is 4.79 Å². The topological polar surface area (TPSA) is 46.3 Å². The second-order valence-corrected chi connectivity index (χ2v) is 5.33. The number of nitrogens with two attached hydrogens (primary N) is 1. The Morgan fingerprint density at radius 3 is 2.70 bits per heavy atom. The Morgan fingerprint density at radius 1 is 1.45 bits per heavy atom. The van der Waals surface area contributed by atoms with Crippen LogP contribution in [-0.2, 0) is 11.3 Å². The normalized spacial score (nSPS) is 16.0. The molecule has 0 spiro atoms. The Hall–Kier alpha value is -1.49. The third-order valence-electron chi connectivity index (χ3n) is 3.54. The first kappa shape index (κ1) is 14.9. The van der Waals surface area contributed by atoms with Crippen molar-refractivity contribution in [1.29, 1.82) is 0 Å². The first-order valence-corrected chi connectivity index (χ1v) is 7.03. The highest BCUT2D eigenvalue weighted by Crippen LogP contribution is 2.29. The summed E-state index contributed by atoms with van der Waals surface area (Å²) in [5.74, 6) is -1.37. The van der Waals surface area contributed by atoms with Crippen LogP contribution in [0.1, 0.15) is 38.2 Å². The number of halogens is 2. The maximum absolute atomic E-state index is 13.7. The lowest BCUT2D eigenvalue weighted by atomic mass is 10.1. The van der Waals surface area contributed by atoms with Gasteiger partial charge in [0, 0.05) is 24.2 Å². The van der Waals surface area contributed by atoms with Crippen molar-refractivity contribution in [2.24, 2.45) is 5.73 Å². The van der Waals surface area contributed by atoms with E-state index in [1.54, 1.807) is 4.90 Å². The molecule has 0 bridgehead atoms. The van der Waals surface area contributed by atoms with Gasteiger partial charge < -0.3 is 10.6 Å². The molecule has 1 aliphatic rings. The van der Waals surface area contributed by atoms with E-state index in [1.165, 1.54) is 12.1 Å². The molecule has 0 aliphatic heterocycles. The van der Waals surface area contributed by atoms with Gasteiger partial charge in [0.2, 0.25) is 5.91 Å². The summed E-state index contributed by atoms with van der Waals surface area (Å²) in [5, 5.41) is 0. The minimum atomic E-state index is -0.618. The van der Waals surface area contributed by atoms with Crippen molar-refractivity contribution in [3.63, 3.8) is 0 Å². The fourth-order valence-electron chi connectivity index (χ4n) is 2.25. The average molecular weight is 282 g/mol. The van der Waals surface area contributed by atoms with Gasteiger partial charge in [-0.25, -0.2) is 8.78 Å². The molecule has 0 saturated heterocycles. The molecule has 1 aromatic rings. The lowest BCUT2D eigenvalue weighted by Gasteiger charge is -2.26. The number of carbonyl (C=O) groups is 1. The molecule has 20 heavy (non-hydrogen) atoms. The van der Waals surface area contributed by atoms with E-state index < -0.39 is 17.7 Å². The molecular formula is C15H20F2N2O. The molecule has 1 amide bonds. The average Bonchev–Trinajstić information content (AvgIpc) is 3.22. The van der Waals surface area contributed by atoms with E-state index in [-0.39, 0.29) is 18.5 Å². The number of rotatable bonds is 6. The second kappa shape index (κ2) is 6.31. The van der Waals surface area contributed by atoms with Gasteiger partial charge >= 0.3 is 0 Å². The maximum Gasteiger partial charge on any atom is 0.240 e. The molecule has 3 nitrogen and oxygen atoms in total. The summed E-state index contributed by atoms with van der Waals surface area (Å²) in [6, 6.07) is 3.05. The van der Waals surface area contributed by atoms with E-state index in [0.29, 0.717) is 12.0 Å². The van der Waals surface area contributed by atoms with Crippen LogP contribution in [0, 0.1) is 11.6 Å². The summed E-state index contributed by atoms with van der Waals surface area (Å²) in [4.78, 5) is 13.9. The third kappa shape index (κ3) is 3.54. The van der Waals surface area contributed by atoms with Gasteiger partial charge in [0.05, 0.1) is 6.04 Å². The molecule has 0 heterocycles. The molecule has 1 saturated carbocycles. The quantitative estimate of drug-likeness (QED) is 0.871. The molecule has 1 aromatic carbocycles. The van der Waals surface area contributed by atoms with Crippen molar-refractivity contribution in [2.45, 2.75) is 51.2 Å². The molecule has 0 unspecified atom stereocenters. The van der Waals surface area contributed by atoms with Crippen LogP contribution in [0.2, 0.25) is 0 Å². The highest BCUT2D eigenvalue weighted by Gasteiger charge is 2.34. The van der Waals surface area contributed by atoms with Crippen molar-refractivity contribution < 1.29 is 13.6 Å². The Kier molecular flexibility index (Phi) is 4.70. The number of nitrogens with zero attached hydrogens (tertiary/aromatic N) is 1. The van der Waals surface area contributed by atoms with Crippen molar-refractivity contribution >= 4 is 5.91 Å². The Labute approximate surface area is 117 Å². The molecular weight excluding hydrogens is 262 g/mol. The zero-order chi connectivity index (χ0) is 14.7. The zero-order valence-electron chi connectivity index (χ0n) is 11.6. The van der Waals surface area contributed by atoms with Crippen LogP contribution < -0.4 is 5.73 Å². The van der Waals surface area contributed by atoms with Crippen LogP contribution in [0.15, 0.2) is 18.2 Å². The van der Waals surface area contributed by atoms with Crippen molar-refractivity contribution in [3.05, 3.63) is 35.4 Å². The summed E-state index contributed by atoms with van der Waals surface area (Å²) in [5.41, 5.74) is 6.19. The summed E-state index contributed by atoms with van der Waals surface area (Å²) in [6.07, 6.45) is 3.30. The van der Waals surface area contributed by atoms with Gasteiger partial charge in [-0.15, -0.1) is 0 Å². The molecule has 5 heteroatoms. The molecule has 2 rings (SSSR count). The minimum absolute atomic E-state index is 0.141. The number of benzene rings is 1. The van der Waals surface area contributed by atoms with Gasteiger partial charge in [-0.05, 0) is 25.3 Å². The van der Waals surface area contributed by atoms with E-state index in [4.69, 9.17) is 5.73 Å². The number of hydrogen-bond donors (Lipinski definition) is 1. The molecule has 1 aliphatic carbocycles. The van der Waals surface area contributed by atoms with Crippen molar-refractivity contribution in [1.82, 2.24) is 4.90 Å². The van der Waals surface area contributed by atoms with Gasteiger partial charge in [-0.2, -0.15) is 0 Å². The molecule has 1 fully saturated rings. The lowest BCUT2D eigenvalue weighted by molar-refractivity contribution is -0.134. The Balaban J connectivity index is 2.11. The van der Waals surface area contributed by atoms with Gasteiger partial charge in [-0.1, -0.05) is 19.4 Å². The Morgan fingerprint density at radius 2 is 2.15 bits per heavy atom. The van der Waals surface area contributed by atoms with Gasteiger partial charge in [0.1, 0.15) is 11.6 Å². The van der Waals surface area contributed by atoms with Crippen LogP contribution >= 0.6 is 0 Å². The number of carbonyl (C=O) groups excluding carboxylic acids is 1. The third-order valence-corrected chi connectivity index (χ3v) is 3.54. The number of amides is 1. The van der Waals surface area contributed by atoms with Crippen molar-refractivity contribution in [2.75, 3.05) is 0 Å². The van der Waals surface area contributed by atoms with Crippen LogP contribution in [0.3, 0.4) is 0 Å². The second-order valence-electron chi connectivity index (χ2n) is 5.33. The molecule has 1 atom stereocenters. The Bertz CT molecular complexity index is 489. The zero-order valence-corrected chi connectivity index (χ0v) is 11.6. The molecule has 110 valence electrons. The van der Waals surface area contributed by atoms with Crippen LogP contribution in [0.5, 0.6) is 0 Å². The minimum Gasteiger partial charge on any atom is -0.334 e. The van der Waals surface area contributed by atoms with Crippen LogP contribution in [0.4, 0.5) is 8.78 Å². The standard InChI is InChI=1S/C15H20F2N2O/c1-2-3-14(18)15(20)19(12-6-7-12)9-10-4-5-11(16)8-13(10)17/h4-5,8,12,14H,2-3,6-7,9,18H2,1H3/t14-/m1/s1. The monoisotopic (exact) mass is 282 g/mol. The first-order valence-electron chi connectivity index (χ1n) is 7.03. The largest absolute Gasteiger partial charge is 0.334 e. The summed E-state index contributed by atoms with van der Waals surface area (Å²) < 4.78 is 26.6. The maximum atomic E-state index is 13.7. The van der Waals surface area contributed by atoms with E-state index in [2.05, 4.69) is 0 Å². The fraction of sp³-hybridized carbons (Fsp3) is 0.533. The summed E-state index contributed by atoms with van der Waals surface area (Å²) in [7, 11) is 0. The molecule has 0 radical (unpaired) electrons. The summed E-state index contributed by atoms with van der Waals surface area (Å²) >= 11 is 0. The van der Waals surface area contributed by atoms with Gasteiger partial charge in [0.25, 0.3) is 0 Å². The van der Waals surface area contributed by atoms with Gasteiger partial charge in [0.15, 0.2) is 0 Å². The first-order chi connectivity index (χ1) is 9.52. The van der Waals surface area contributed by atoms with E-state index in [1.807, 2.05) is 6.92 Å². The predicted octanol–water partition coefficient (Wildman–Crippen LogP) is 2.58. The molecule has 2 N–H and O–H groups in total. The SMILES string of the molecule is CCC[C@@H](N)C(=O)N(Cc1ccc(F)cc1F)C1CC1. The van der Waals surface area contributed by atoms with Crippen LogP contribution in [0.25, 0.3) is 0 Å². The molecule has 0 aromatic heterocycles. The van der Waals surface area contributed by atoms with E-state index in [0.717, 1.165) is 25.3 Å². The predicted molar refractivity (Wildman–Crippen MR) is 72.8 cm³/mol. The fourth-order valence-corrected chi connectivity index (χ4v) is 2.25. The van der Waals surface area contributed by atoms with Crippen molar-refractivity contribution in [3.8, 4) is 0 Å².